The zero-order valence-corrected chi connectivity index (χ0v) is 10.3. The molecule has 0 fully saturated rings. The first-order chi connectivity index (χ1) is 8.56. The van der Waals surface area contributed by atoms with E-state index in [1.165, 1.54) is 18.3 Å². The lowest BCUT2D eigenvalue weighted by atomic mass is 10.1. The van der Waals surface area contributed by atoms with Gasteiger partial charge in [0.1, 0.15) is 5.82 Å². The van der Waals surface area contributed by atoms with Crippen molar-refractivity contribution in [1.82, 2.24) is 4.98 Å². The molecule has 0 spiro atoms. The molecule has 18 heavy (non-hydrogen) atoms. The van der Waals surface area contributed by atoms with Crippen LogP contribution in [-0.2, 0) is 0 Å². The zero-order valence-electron chi connectivity index (χ0n) is 9.58. The number of carbonyl (C=O) groups excluding carboxylic acids is 1. The SMILES string of the molecule is Cc1cc(F)cc(C(=O)Nc2cccnc2Cl)c1. The van der Waals surface area contributed by atoms with Gasteiger partial charge >= 0.3 is 0 Å². The van der Waals surface area contributed by atoms with Crippen molar-refractivity contribution in [3.63, 3.8) is 0 Å². The Morgan fingerprint density at radius 3 is 2.83 bits per heavy atom. The number of benzene rings is 1. The highest BCUT2D eigenvalue weighted by Crippen LogP contribution is 2.19. The number of pyridine rings is 1. The van der Waals surface area contributed by atoms with Crippen LogP contribution in [0.5, 0.6) is 0 Å². The molecule has 0 aliphatic rings. The predicted octanol–water partition coefficient (Wildman–Crippen LogP) is 3.43. The fourth-order valence-corrected chi connectivity index (χ4v) is 1.71. The van der Waals surface area contributed by atoms with Crippen LogP contribution in [0.3, 0.4) is 0 Å². The molecule has 2 aromatic rings. The lowest BCUT2D eigenvalue weighted by molar-refractivity contribution is 0.102. The van der Waals surface area contributed by atoms with Crippen molar-refractivity contribution >= 4 is 23.2 Å². The summed E-state index contributed by atoms with van der Waals surface area (Å²) in [6.07, 6.45) is 1.52. The highest BCUT2D eigenvalue weighted by molar-refractivity contribution is 6.32. The molecule has 5 heteroatoms. The minimum atomic E-state index is -0.447. The first-order valence-electron chi connectivity index (χ1n) is 5.25. The number of carbonyl (C=O) groups is 1. The van der Waals surface area contributed by atoms with E-state index in [0.29, 0.717) is 11.3 Å². The molecule has 0 saturated heterocycles. The summed E-state index contributed by atoms with van der Waals surface area (Å²) in [5.74, 6) is -0.870. The third kappa shape index (κ3) is 2.84. The van der Waals surface area contributed by atoms with Crippen LogP contribution >= 0.6 is 11.6 Å². The van der Waals surface area contributed by atoms with Gasteiger partial charge < -0.3 is 5.32 Å². The van der Waals surface area contributed by atoms with Crippen molar-refractivity contribution in [3.05, 3.63) is 58.6 Å². The van der Waals surface area contributed by atoms with E-state index in [1.54, 1.807) is 25.1 Å². The number of amides is 1. The Morgan fingerprint density at radius 1 is 1.39 bits per heavy atom. The van der Waals surface area contributed by atoms with E-state index in [9.17, 15) is 9.18 Å². The third-order valence-corrected chi connectivity index (χ3v) is 2.61. The minimum absolute atomic E-state index is 0.193. The van der Waals surface area contributed by atoms with Crippen LogP contribution in [0.2, 0.25) is 5.15 Å². The highest BCUT2D eigenvalue weighted by Gasteiger charge is 2.10. The molecule has 0 aliphatic heterocycles. The normalized spacial score (nSPS) is 10.2. The van der Waals surface area contributed by atoms with Gasteiger partial charge in [0.25, 0.3) is 5.91 Å². The van der Waals surface area contributed by atoms with E-state index in [4.69, 9.17) is 11.6 Å². The number of anilines is 1. The van der Waals surface area contributed by atoms with Gasteiger partial charge in [0, 0.05) is 11.8 Å². The van der Waals surface area contributed by atoms with E-state index < -0.39 is 11.7 Å². The standard InChI is InChI=1S/C13H10ClFN2O/c1-8-5-9(7-10(15)6-8)13(18)17-11-3-2-4-16-12(11)14/h2-7H,1H3,(H,17,18). The van der Waals surface area contributed by atoms with Gasteiger partial charge in [-0.1, -0.05) is 11.6 Å². The van der Waals surface area contributed by atoms with Crippen molar-refractivity contribution in [2.75, 3.05) is 5.32 Å². The average molecular weight is 265 g/mol. The third-order valence-electron chi connectivity index (χ3n) is 2.31. The topological polar surface area (TPSA) is 42.0 Å². The van der Waals surface area contributed by atoms with Gasteiger partial charge in [-0.3, -0.25) is 4.79 Å². The molecule has 3 nitrogen and oxygen atoms in total. The molecule has 92 valence electrons. The summed E-state index contributed by atoms with van der Waals surface area (Å²) < 4.78 is 13.2. The van der Waals surface area contributed by atoms with Gasteiger partial charge in [0.2, 0.25) is 0 Å². The summed E-state index contributed by atoms with van der Waals surface area (Å²) in [5, 5.41) is 2.77. The molecule has 1 amide bonds. The Balaban J connectivity index is 2.25. The van der Waals surface area contributed by atoms with Gasteiger partial charge in [-0.15, -0.1) is 0 Å². The van der Waals surface area contributed by atoms with E-state index in [2.05, 4.69) is 10.3 Å². The Bertz CT molecular complexity index is 581. The van der Waals surface area contributed by atoms with Crippen molar-refractivity contribution in [2.24, 2.45) is 0 Å². The van der Waals surface area contributed by atoms with Crippen LogP contribution < -0.4 is 5.32 Å². The Morgan fingerprint density at radius 2 is 2.17 bits per heavy atom. The van der Waals surface area contributed by atoms with Gasteiger partial charge in [0.15, 0.2) is 5.15 Å². The quantitative estimate of drug-likeness (QED) is 0.845. The molecule has 0 unspecified atom stereocenters. The number of nitrogens with zero attached hydrogens (tertiary/aromatic N) is 1. The number of nitrogens with one attached hydrogen (secondary N) is 1. The van der Waals surface area contributed by atoms with Crippen molar-refractivity contribution in [2.45, 2.75) is 6.92 Å². The van der Waals surface area contributed by atoms with Crippen LogP contribution in [0, 0.1) is 12.7 Å². The van der Waals surface area contributed by atoms with E-state index in [0.717, 1.165) is 0 Å². The molecule has 1 N–H and O–H groups in total. The second-order valence-corrected chi connectivity index (χ2v) is 4.17. The monoisotopic (exact) mass is 264 g/mol. The molecule has 1 heterocycles. The summed E-state index contributed by atoms with van der Waals surface area (Å²) in [4.78, 5) is 15.7. The fourth-order valence-electron chi connectivity index (χ4n) is 1.54. The number of rotatable bonds is 2. The van der Waals surface area contributed by atoms with Gasteiger partial charge in [0.05, 0.1) is 5.69 Å². The van der Waals surface area contributed by atoms with Crippen LogP contribution in [-0.4, -0.2) is 10.9 Å². The summed E-state index contributed by atoms with van der Waals surface area (Å²) in [6, 6.07) is 7.40. The van der Waals surface area contributed by atoms with Crippen molar-refractivity contribution < 1.29 is 9.18 Å². The summed E-state index contributed by atoms with van der Waals surface area (Å²) >= 11 is 5.82. The van der Waals surface area contributed by atoms with Gasteiger partial charge in [-0.2, -0.15) is 0 Å². The summed E-state index contributed by atoms with van der Waals surface area (Å²) in [6.45, 7) is 1.72. The predicted molar refractivity (Wildman–Crippen MR) is 68.3 cm³/mol. The fraction of sp³-hybridized carbons (Fsp3) is 0.0769. The van der Waals surface area contributed by atoms with Crippen LogP contribution in [0.1, 0.15) is 15.9 Å². The Labute approximate surface area is 109 Å². The molecular weight excluding hydrogens is 255 g/mol. The lowest BCUT2D eigenvalue weighted by Crippen LogP contribution is -2.13. The molecule has 0 aliphatic carbocycles. The molecule has 0 radical (unpaired) electrons. The molecule has 0 bridgehead atoms. The second-order valence-electron chi connectivity index (χ2n) is 3.81. The maximum atomic E-state index is 13.2. The molecule has 1 aromatic carbocycles. The molecule has 2 rings (SSSR count). The molecule has 0 atom stereocenters. The van der Waals surface area contributed by atoms with E-state index in [-0.39, 0.29) is 10.7 Å². The van der Waals surface area contributed by atoms with Gasteiger partial charge in [-0.05, 0) is 42.8 Å². The zero-order chi connectivity index (χ0) is 13.1. The Kier molecular flexibility index (Phi) is 3.58. The molecule has 1 aromatic heterocycles. The van der Waals surface area contributed by atoms with Crippen LogP contribution in [0.4, 0.5) is 10.1 Å². The van der Waals surface area contributed by atoms with E-state index >= 15 is 0 Å². The van der Waals surface area contributed by atoms with Gasteiger partial charge in [-0.25, -0.2) is 9.37 Å². The van der Waals surface area contributed by atoms with E-state index in [1.807, 2.05) is 0 Å². The number of aryl methyl sites for hydroxylation is 1. The van der Waals surface area contributed by atoms with Crippen molar-refractivity contribution in [1.29, 1.82) is 0 Å². The highest BCUT2D eigenvalue weighted by atomic mass is 35.5. The minimum Gasteiger partial charge on any atom is -0.319 e. The first kappa shape index (κ1) is 12.5. The van der Waals surface area contributed by atoms with Crippen molar-refractivity contribution in [3.8, 4) is 0 Å². The number of halogens is 2. The smallest absolute Gasteiger partial charge is 0.255 e. The molecule has 0 saturated carbocycles. The van der Waals surface area contributed by atoms with Crippen LogP contribution in [0.15, 0.2) is 36.5 Å². The summed E-state index contributed by atoms with van der Waals surface area (Å²) in [5.41, 5.74) is 1.32. The molecular formula is C13H10ClFN2O. The first-order valence-corrected chi connectivity index (χ1v) is 5.63. The largest absolute Gasteiger partial charge is 0.319 e. The summed E-state index contributed by atoms with van der Waals surface area (Å²) in [7, 11) is 0. The second kappa shape index (κ2) is 5.14. The lowest BCUT2D eigenvalue weighted by Gasteiger charge is -2.07. The average Bonchev–Trinajstić information content (AvgIpc) is 2.31. The number of hydrogen-bond acceptors (Lipinski definition) is 2. The Hall–Kier alpha value is -1.94. The maximum Gasteiger partial charge on any atom is 0.255 e. The number of aromatic nitrogens is 1. The number of hydrogen-bond donors (Lipinski definition) is 1. The maximum absolute atomic E-state index is 13.2. The van der Waals surface area contributed by atoms with Crippen LogP contribution in [0.25, 0.3) is 0 Å².